The van der Waals surface area contributed by atoms with Crippen LogP contribution in [0.2, 0.25) is 0 Å². The molecule has 3 aromatic carbocycles. The van der Waals surface area contributed by atoms with Crippen molar-refractivity contribution in [2.45, 2.75) is 37.4 Å². The van der Waals surface area contributed by atoms with Crippen LogP contribution in [-0.4, -0.2) is 47.7 Å². The molecule has 4 aromatic rings. The van der Waals surface area contributed by atoms with Gasteiger partial charge < -0.3 is 24.1 Å². The average Bonchev–Trinajstić information content (AvgIpc) is 3.36. The summed E-state index contributed by atoms with van der Waals surface area (Å²) < 4.78 is 25.1. The maximum Gasteiger partial charge on any atom is 0.330 e. The van der Waals surface area contributed by atoms with Crippen molar-refractivity contribution >= 4 is 0 Å². The highest BCUT2D eigenvalue weighted by molar-refractivity contribution is 5.49. The summed E-state index contributed by atoms with van der Waals surface area (Å²) in [7, 11) is 3.23. The zero-order valence-corrected chi connectivity index (χ0v) is 22.6. The molecule has 0 saturated carbocycles. The molecule has 2 heterocycles. The highest BCUT2D eigenvalue weighted by Gasteiger charge is 2.42. The van der Waals surface area contributed by atoms with Gasteiger partial charge in [0.1, 0.15) is 29.4 Å². The molecule has 0 unspecified atom stereocenters. The summed E-state index contributed by atoms with van der Waals surface area (Å²) in [6, 6.07) is 25.1. The van der Waals surface area contributed by atoms with E-state index in [1.54, 1.807) is 21.1 Å². The molecule has 1 aliphatic heterocycles. The second kappa shape index (κ2) is 11.5. The lowest BCUT2D eigenvalue weighted by Gasteiger charge is -2.37. The Bertz CT molecular complexity index is 1500. The monoisotopic (exact) mass is 544 g/mol. The van der Waals surface area contributed by atoms with E-state index in [9.17, 15) is 14.7 Å². The number of rotatable bonds is 9. The summed E-state index contributed by atoms with van der Waals surface area (Å²) in [6.45, 7) is 1.63. The first-order valence-electron chi connectivity index (χ1n) is 13.0. The summed E-state index contributed by atoms with van der Waals surface area (Å²) in [5.74, 6) is 1.42. The normalized spacial score (nSPS) is 18.9. The van der Waals surface area contributed by atoms with Crippen LogP contribution in [-0.2, 0) is 15.1 Å². The number of ether oxygens (including phenoxy) is 4. The van der Waals surface area contributed by atoms with Gasteiger partial charge >= 0.3 is 5.69 Å². The third-order valence-electron chi connectivity index (χ3n) is 7.30. The smallest absolute Gasteiger partial charge is 0.330 e. The highest BCUT2D eigenvalue weighted by Crippen LogP contribution is 2.42. The predicted octanol–water partition coefficient (Wildman–Crippen LogP) is 3.52. The van der Waals surface area contributed by atoms with Gasteiger partial charge in [-0.15, -0.1) is 0 Å². The number of aliphatic hydroxyl groups excluding tert-OH is 1. The second-order valence-electron chi connectivity index (χ2n) is 9.73. The summed E-state index contributed by atoms with van der Waals surface area (Å²) in [4.78, 5) is 26.6. The number of H-pyrrole nitrogens is 1. The molecule has 1 fully saturated rings. The van der Waals surface area contributed by atoms with E-state index in [1.165, 1.54) is 10.8 Å². The molecular formula is C31H32N2O7. The van der Waals surface area contributed by atoms with Crippen LogP contribution in [0.15, 0.2) is 94.6 Å². The molecule has 2 N–H and O–H groups in total. The van der Waals surface area contributed by atoms with Crippen molar-refractivity contribution in [2.75, 3.05) is 20.8 Å². The molecule has 0 spiro atoms. The predicted molar refractivity (Wildman–Crippen MR) is 149 cm³/mol. The minimum Gasteiger partial charge on any atom is -0.497 e. The zero-order chi connectivity index (χ0) is 28.3. The number of aliphatic hydroxyl groups is 1. The Kier molecular flexibility index (Phi) is 7.88. The number of aromatic amines is 1. The summed E-state index contributed by atoms with van der Waals surface area (Å²) in [5.41, 5.74) is 0.825. The molecule has 0 radical (unpaired) electrons. The van der Waals surface area contributed by atoms with Crippen LogP contribution < -0.4 is 20.7 Å². The van der Waals surface area contributed by atoms with E-state index in [1.807, 2.05) is 78.9 Å². The van der Waals surface area contributed by atoms with Crippen LogP contribution in [0.3, 0.4) is 0 Å². The van der Waals surface area contributed by atoms with E-state index in [0.717, 1.165) is 16.7 Å². The Morgan fingerprint density at radius 2 is 1.45 bits per heavy atom. The molecule has 5 rings (SSSR count). The number of hydrogen-bond donors (Lipinski definition) is 2. The van der Waals surface area contributed by atoms with E-state index in [2.05, 4.69) is 4.98 Å². The fraction of sp³-hybridized carbons (Fsp3) is 0.290. The van der Waals surface area contributed by atoms with E-state index >= 15 is 0 Å². The van der Waals surface area contributed by atoms with Gasteiger partial charge in [0.25, 0.3) is 5.56 Å². The number of nitrogens with one attached hydrogen (secondary N) is 1. The molecule has 1 aliphatic rings. The van der Waals surface area contributed by atoms with E-state index in [4.69, 9.17) is 18.9 Å². The van der Waals surface area contributed by atoms with Crippen molar-refractivity contribution in [3.05, 3.63) is 128 Å². The minimum absolute atomic E-state index is 0.0156. The first kappa shape index (κ1) is 27.4. The first-order chi connectivity index (χ1) is 19.3. The highest BCUT2D eigenvalue weighted by atomic mass is 16.6. The molecule has 0 aliphatic carbocycles. The van der Waals surface area contributed by atoms with Crippen LogP contribution in [0.1, 0.15) is 34.9 Å². The number of methoxy groups -OCH3 is 2. The van der Waals surface area contributed by atoms with Crippen LogP contribution in [0.4, 0.5) is 0 Å². The molecule has 1 aromatic heterocycles. The van der Waals surface area contributed by atoms with Gasteiger partial charge in [-0.1, -0.05) is 54.6 Å². The Hall–Kier alpha value is -4.18. The molecule has 3 atom stereocenters. The quantitative estimate of drug-likeness (QED) is 0.310. The number of aryl methyl sites for hydroxylation is 1. The standard InChI is InChI=1S/C31H32N2O7/c1-20-18-33(30(36)32-29(20)35)28-17-26(34)27(40-28)19-39-31(21-7-5-4-6-8-21,22-9-13-24(37-2)14-10-22)23-11-15-25(38-3)16-12-23/h4-16,18,26-28,34H,17,19H2,1-3H3,(H,32,35,36)/t26-,27+,28+/m1/s1. The zero-order valence-electron chi connectivity index (χ0n) is 22.6. The molecule has 208 valence electrons. The number of aromatic nitrogens is 2. The lowest BCUT2D eigenvalue weighted by atomic mass is 9.80. The van der Waals surface area contributed by atoms with Gasteiger partial charge in [0.2, 0.25) is 0 Å². The van der Waals surface area contributed by atoms with Gasteiger partial charge in [-0.2, -0.15) is 0 Å². The van der Waals surface area contributed by atoms with Crippen molar-refractivity contribution in [3.63, 3.8) is 0 Å². The fourth-order valence-electron chi connectivity index (χ4n) is 5.12. The fourth-order valence-corrected chi connectivity index (χ4v) is 5.12. The lowest BCUT2D eigenvalue weighted by molar-refractivity contribution is -0.0944. The van der Waals surface area contributed by atoms with Crippen LogP contribution in [0.25, 0.3) is 0 Å². The average molecular weight is 545 g/mol. The van der Waals surface area contributed by atoms with Crippen molar-refractivity contribution in [2.24, 2.45) is 0 Å². The third kappa shape index (κ3) is 5.19. The Labute approximate surface area is 231 Å². The first-order valence-corrected chi connectivity index (χ1v) is 13.0. The Morgan fingerprint density at radius 1 is 0.900 bits per heavy atom. The van der Waals surface area contributed by atoms with Crippen molar-refractivity contribution in [1.82, 2.24) is 9.55 Å². The van der Waals surface area contributed by atoms with Gasteiger partial charge in [-0.05, 0) is 47.9 Å². The molecule has 9 heteroatoms. The Morgan fingerprint density at radius 3 is 2.00 bits per heavy atom. The van der Waals surface area contributed by atoms with Gasteiger partial charge in [0.05, 0.1) is 26.9 Å². The summed E-state index contributed by atoms with van der Waals surface area (Å²) in [6.07, 6.45) is -0.763. The largest absolute Gasteiger partial charge is 0.497 e. The number of hydrogen-bond acceptors (Lipinski definition) is 7. The topological polar surface area (TPSA) is 112 Å². The Balaban J connectivity index is 1.54. The van der Waals surface area contributed by atoms with Gasteiger partial charge in [0, 0.05) is 18.2 Å². The van der Waals surface area contributed by atoms with E-state index < -0.39 is 35.3 Å². The third-order valence-corrected chi connectivity index (χ3v) is 7.30. The maximum atomic E-state index is 12.5. The SMILES string of the molecule is COc1ccc(C(OC[C@@H]2O[C@H](n3cc(C)c(=O)[nH]c3=O)C[C@H]2O)(c2ccccc2)c2ccc(OC)cc2)cc1. The van der Waals surface area contributed by atoms with Gasteiger partial charge in [0.15, 0.2) is 0 Å². The lowest BCUT2D eigenvalue weighted by Crippen LogP contribution is -2.38. The van der Waals surface area contributed by atoms with Crippen LogP contribution >= 0.6 is 0 Å². The van der Waals surface area contributed by atoms with Crippen molar-refractivity contribution < 1.29 is 24.1 Å². The summed E-state index contributed by atoms with van der Waals surface area (Å²) >= 11 is 0. The van der Waals surface area contributed by atoms with Crippen LogP contribution in [0.5, 0.6) is 11.5 Å². The molecule has 0 bridgehead atoms. The van der Waals surface area contributed by atoms with E-state index in [-0.39, 0.29) is 13.0 Å². The molecule has 9 nitrogen and oxygen atoms in total. The molecule has 1 saturated heterocycles. The minimum atomic E-state index is -1.08. The number of nitrogens with zero attached hydrogens (tertiary/aromatic N) is 1. The van der Waals surface area contributed by atoms with Gasteiger partial charge in [-0.3, -0.25) is 14.3 Å². The van der Waals surface area contributed by atoms with E-state index in [0.29, 0.717) is 17.1 Å². The van der Waals surface area contributed by atoms with Crippen molar-refractivity contribution in [1.29, 1.82) is 0 Å². The molecule has 0 amide bonds. The maximum absolute atomic E-state index is 12.5. The summed E-state index contributed by atoms with van der Waals surface area (Å²) in [5, 5.41) is 11.0. The molecular weight excluding hydrogens is 512 g/mol. The molecule has 40 heavy (non-hydrogen) atoms. The number of benzene rings is 3. The van der Waals surface area contributed by atoms with Gasteiger partial charge in [-0.25, -0.2) is 4.79 Å². The van der Waals surface area contributed by atoms with Crippen LogP contribution in [0, 0.1) is 6.92 Å². The van der Waals surface area contributed by atoms with Crippen molar-refractivity contribution in [3.8, 4) is 11.5 Å². The second-order valence-corrected chi connectivity index (χ2v) is 9.73.